The lowest BCUT2D eigenvalue weighted by Crippen LogP contribution is -2.36. The second-order valence-electron chi connectivity index (χ2n) is 5.44. The van der Waals surface area contributed by atoms with Crippen LogP contribution in [0.15, 0.2) is 35.3 Å². The SMILES string of the molecule is O=C(NC1CCCC1)c1cnc(-c2ccc(Cl)cc2)[nH]c1=O. The highest BCUT2D eigenvalue weighted by molar-refractivity contribution is 6.30. The maximum atomic E-state index is 12.1. The number of carbonyl (C=O) groups is 1. The Balaban J connectivity index is 1.81. The summed E-state index contributed by atoms with van der Waals surface area (Å²) in [6.45, 7) is 0. The van der Waals surface area contributed by atoms with E-state index in [1.54, 1.807) is 24.3 Å². The molecular formula is C16H16ClN3O2. The third kappa shape index (κ3) is 3.20. The van der Waals surface area contributed by atoms with Gasteiger partial charge < -0.3 is 10.3 Å². The summed E-state index contributed by atoms with van der Waals surface area (Å²) >= 11 is 5.83. The fraction of sp³-hybridized carbons (Fsp3) is 0.312. The van der Waals surface area contributed by atoms with Crippen molar-refractivity contribution in [2.45, 2.75) is 31.7 Å². The van der Waals surface area contributed by atoms with E-state index >= 15 is 0 Å². The van der Waals surface area contributed by atoms with Crippen LogP contribution in [-0.4, -0.2) is 21.9 Å². The van der Waals surface area contributed by atoms with Crippen LogP contribution in [-0.2, 0) is 0 Å². The number of aromatic nitrogens is 2. The molecule has 1 heterocycles. The van der Waals surface area contributed by atoms with Crippen molar-refractivity contribution in [3.63, 3.8) is 0 Å². The van der Waals surface area contributed by atoms with Gasteiger partial charge in [0.15, 0.2) is 0 Å². The summed E-state index contributed by atoms with van der Waals surface area (Å²) in [5.74, 6) is 0.0578. The first-order valence-electron chi connectivity index (χ1n) is 7.29. The first-order valence-corrected chi connectivity index (χ1v) is 7.67. The zero-order valence-electron chi connectivity index (χ0n) is 11.9. The van der Waals surface area contributed by atoms with E-state index in [0.717, 1.165) is 31.2 Å². The van der Waals surface area contributed by atoms with Gasteiger partial charge in [0.2, 0.25) is 0 Å². The number of aromatic amines is 1. The van der Waals surface area contributed by atoms with Gasteiger partial charge in [0, 0.05) is 22.8 Å². The van der Waals surface area contributed by atoms with Gasteiger partial charge in [-0.1, -0.05) is 24.4 Å². The van der Waals surface area contributed by atoms with Crippen LogP contribution in [0, 0.1) is 0 Å². The minimum Gasteiger partial charge on any atom is -0.349 e. The third-order valence-electron chi connectivity index (χ3n) is 3.85. The quantitative estimate of drug-likeness (QED) is 0.914. The van der Waals surface area contributed by atoms with E-state index in [2.05, 4.69) is 15.3 Å². The molecule has 0 aliphatic heterocycles. The van der Waals surface area contributed by atoms with Crippen LogP contribution < -0.4 is 10.9 Å². The summed E-state index contributed by atoms with van der Waals surface area (Å²) in [6, 6.07) is 7.13. The predicted molar refractivity (Wildman–Crippen MR) is 85.0 cm³/mol. The number of nitrogens with one attached hydrogen (secondary N) is 2. The van der Waals surface area contributed by atoms with Crippen LogP contribution in [0.4, 0.5) is 0 Å². The number of hydrogen-bond donors (Lipinski definition) is 2. The van der Waals surface area contributed by atoms with Crippen LogP contribution in [0.1, 0.15) is 36.0 Å². The van der Waals surface area contributed by atoms with Gasteiger partial charge in [0.1, 0.15) is 11.4 Å². The Bertz CT molecular complexity index is 734. The molecule has 1 amide bonds. The first-order chi connectivity index (χ1) is 10.6. The topological polar surface area (TPSA) is 74.8 Å². The molecule has 0 bridgehead atoms. The zero-order chi connectivity index (χ0) is 15.5. The van der Waals surface area contributed by atoms with Crippen molar-refractivity contribution in [3.05, 3.63) is 51.4 Å². The molecule has 2 aromatic rings. The number of H-pyrrole nitrogens is 1. The van der Waals surface area contributed by atoms with Gasteiger partial charge in [-0.25, -0.2) is 4.98 Å². The summed E-state index contributed by atoms with van der Waals surface area (Å²) in [6.07, 6.45) is 5.51. The van der Waals surface area contributed by atoms with E-state index in [0.29, 0.717) is 10.8 Å². The number of hydrogen-bond acceptors (Lipinski definition) is 3. The molecule has 1 aliphatic carbocycles. The largest absolute Gasteiger partial charge is 0.349 e. The monoisotopic (exact) mass is 317 g/mol. The number of carbonyl (C=O) groups excluding carboxylic acids is 1. The molecule has 1 fully saturated rings. The maximum absolute atomic E-state index is 12.1. The van der Waals surface area contributed by atoms with Crippen LogP contribution in [0.25, 0.3) is 11.4 Å². The Hall–Kier alpha value is -2.14. The number of halogens is 1. The van der Waals surface area contributed by atoms with Gasteiger partial charge in [-0.05, 0) is 37.1 Å². The van der Waals surface area contributed by atoms with Gasteiger partial charge in [-0.15, -0.1) is 0 Å². The van der Waals surface area contributed by atoms with Crippen LogP contribution in [0.2, 0.25) is 5.02 Å². The van der Waals surface area contributed by atoms with E-state index in [-0.39, 0.29) is 17.5 Å². The van der Waals surface area contributed by atoms with Crippen molar-refractivity contribution in [2.24, 2.45) is 0 Å². The Kier molecular flexibility index (Phi) is 4.24. The Morgan fingerprint density at radius 1 is 1.23 bits per heavy atom. The van der Waals surface area contributed by atoms with E-state index < -0.39 is 5.56 Å². The Morgan fingerprint density at radius 2 is 1.91 bits per heavy atom. The summed E-state index contributed by atoms with van der Waals surface area (Å²) in [7, 11) is 0. The fourth-order valence-electron chi connectivity index (χ4n) is 2.64. The lowest BCUT2D eigenvalue weighted by Gasteiger charge is -2.11. The Labute approximate surface area is 132 Å². The summed E-state index contributed by atoms with van der Waals surface area (Å²) in [5.41, 5.74) is 0.351. The number of benzene rings is 1. The molecular weight excluding hydrogens is 302 g/mol. The van der Waals surface area contributed by atoms with Gasteiger partial charge in [-0.3, -0.25) is 9.59 Å². The minimum atomic E-state index is -0.435. The smallest absolute Gasteiger partial charge is 0.264 e. The molecule has 22 heavy (non-hydrogen) atoms. The zero-order valence-corrected chi connectivity index (χ0v) is 12.7. The van der Waals surface area contributed by atoms with Crippen LogP contribution >= 0.6 is 11.6 Å². The molecule has 1 saturated carbocycles. The molecule has 114 valence electrons. The molecule has 2 N–H and O–H groups in total. The number of nitrogens with zero attached hydrogens (tertiary/aromatic N) is 1. The molecule has 3 rings (SSSR count). The van der Waals surface area contributed by atoms with E-state index in [1.807, 2.05) is 0 Å². The normalized spacial score (nSPS) is 15.0. The van der Waals surface area contributed by atoms with Gasteiger partial charge in [-0.2, -0.15) is 0 Å². The summed E-state index contributed by atoms with van der Waals surface area (Å²) in [4.78, 5) is 31.1. The molecule has 0 radical (unpaired) electrons. The maximum Gasteiger partial charge on any atom is 0.264 e. The van der Waals surface area contributed by atoms with Crippen molar-refractivity contribution < 1.29 is 4.79 Å². The summed E-state index contributed by atoms with van der Waals surface area (Å²) < 4.78 is 0. The molecule has 0 atom stereocenters. The molecule has 1 aliphatic rings. The second kappa shape index (κ2) is 6.32. The van der Waals surface area contributed by atoms with E-state index in [9.17, 15) is 9.59 Å². The van der Waals surface area contributed by atoms with Gasteiger partial charge in [0.25, 0.3) is 11.5 Å². The lowest BCUT2D eigenvalue weighted by molar-refractivity contribution is 0.0936. The molecule has 0 spiro atoms. The van der Waals surface area contributed by atoms with Crippen LogP contribution in [0.5, 0.6) is 0 Å². The molecule has 1 aromatic carbocycles. The molecule has 5 nitrogen and oxygen atoms in total. The van der Waals surface area contributed by atoms with E-state index in [1.165, 1.54) is 6.20 Å². The highest BCUT2D eigenvalue weighted by Gasteiger charge is 2.20. The van der Waals surface area contributed by atoms with E-state index in [4.69, 9.17) is 11.6 Å². The minimum absolute atomic E-state index is 0.0459. The number of amides is 1. The molecule has 0 unspecified atom stereocenters. The van der Waals surface area contributed by atoms with Gasteiger partial charge >= 0.3 is 0 Å². The third-order valence-corrected chi connectivity index (χ3v) is 4.10. The predicted octanol–water partition coefficient (Wildman–Crippen LogP) is 2.76. The molecule has 1 aromatic heterocycles. The van der Waals surface area contributed by atoms with Gasteiger partial charge in [0.05, 0.1) is 0 Å². The van der Waals surface area contributed by atoms with Crippen molar-refractivity contribution in [2.75, 3.05) is 0 Å². The van der Waals surface area contributed by atoms with Crippen molar-refractivity contribution in [1.82, 2.24) is 15.3 Å². The number of rotatable bonds is 3. The standard InChI is InChI=1S/C16H16ClN3O2/c17-11-7-5-10(6-8-11)14-18-9-13(16(22)20-14)15(21)19-12-3-1-2-4-12/h5-9,12H,1-4H2,(H,19,21)(H,18,20,22). The van der Waals surface area contributed by atoms with Crippen LogP contribution in [0.3, 0.4) is 0 Å². The van der Waals surface area contributed by atoms with Crippen molar-refractivity contribution in [1.29, 1.82) is 0 Å². The highest BCUT2D eigenvalue weighted by atomic mass is 35.5. The van der Waals surface area contributed by atoms with Crippen molar-refractivity contribution >= 4 is 17.5 Å². The first kappa shape index (κ1) is 14.8. The summed E-state index contributed by atoms with van der Waals surface area (Å²) in [5, 5.41) is 3.50. The highest BCUT2D eigenvalue weighted by Crippen LogP contribution is 2.18. The lowest BCUT2D eigenvalue weighted by atomic mass is 10.2. The average molecular weight is 318 g/mol. The average Bonchev–Trinajstić information content (AvgIpc) is 3.00. The molecule has 6 heteroatoms. The van der Waals surface area contributed by atoms with Crippen molar-refractivity contribution in [3.8, 4) is 11.4 Å². The fourth-order valence-corrected chi connectivity index (χ4v) is 2.77. The Morgan fingerprint density at radius 3 is 2.55 bits per heavy atom. The molecule has 0 saturated heterocycles. The second-order valence-corrected chi connectivity index (χ2v) is 5.87.